The first-order chi connectivity index (χ1) is 13.0. The van der Waals surface area contributed by atoms with Crippen LogP contribution >= 0.6 is 11.6 Å². The molecule has 1 aliphatic rings. The number of benzene rings is 1. The number of halogens is 1. The highest BCUT2D eigenvalue weighted by Crippen LogP contribution is 2.19. The Bertz CT molecular complexity index is 776. The average Bonchev–Trinajstić information content (AvgIpc) is 2.69. The Morgan fingerprint density at radius 3 is 2.44 bits per heavy atom. The van der Waals surface area contributed by atoms with Crippen molar-refractivity contribution in [1.29, 1.82) is 0 Å². The Labute approximate surface area is 163 Å². The fourth-order valence-electron chi connectivity index (χ4n) is 2.85. The van der Waals surface area contributed by atoms with Gasteiger partial charge in [-0.15, -0.1) is 0 Å². The molecule has 1 atom stereocenters. The lowest BCUT2D eigenvalue weighted by Crippen LogP contribution is -2.54. The van der Waals surface area contributed by atoms with Crippen LogP contribution in [0.3, 0.4) is 0 Å². The highest BCUT2D eigenvalue weighted by Gasteiger charge is 2.24. The summed E-state index contributed by atoms with van der Waals surface area (Å²) in [7, 11) is 0. The first-order valence-corrected chi connectivity index (χ1v) is 9.17. The van der Waals surface area contributed by atoms with Gasteiger partial charge in [0.25, 0.3) is 0 Å². The van der Waals surface area contributed by atoms with E-state index in [1.165, 1.54) is 0 Å². The number of urea groups is 1. The van der Waals surface area contributed by atoms with Gasteiger partial charge in [-0.25, -0.2) is 4.79 Å². The van der Waals surface area contributed by atoms with Gasteiger partial charge in [-0.1, -0.05) is 11.6 Å². The third-order valence-corrected chi connectivity index (χ3v) is 4.67. The Morgan fingerprint density at radius 1 is 1.11 bits per heavy atom. The molecule has 0 saturated carbocycles. The van der Waals surface area contributed by atoms with Gasteiger partial charge in [0, 0.05) is 43.1 Å². The molecule has 27 heavy (non-hydrogen) atoms. The van der Waals surface area contributed by atoms with Crippen molar-refractivity contribution in [3.63, 3.8) is 0 Å². The maximum Gasteiger partial charge on any atom is 0.318 e. The van der Waals surface area contributed by atoms with Crippen molar-refractivity contribution in [3.05, 3.63) is 53.8 Å². The SMILES string of the molecule is CC(NC(=O)N1CCN(c2ccc(Cl)cc2)CC1)C(=O)Nc1cccnc1. The Hall–Kier alpha value is -2.80. The first kappa shape index (κ1) is 19.0. The molecule has 3 rings (SSSR count). The van der Waals surface area contributed by atoms with Gasteiger partial charge < -0.3 is 20.4 Å². The van der Waals surface area contributed by atoms with E-state index in [0.29, 0.717) is 23.8 Å². The molecule has 1 aromatic carbocycles. The number of piperazine rings is 1. The highest BCUT2D eigenvalue weighted by atomic mass is 35.5. The van der Waals surface area contributed by atoms with E-state index in [2.05, 4.69) is 20.5 Å². The minimum atomic E-state index is -0.646. The zero-order valence-corrected chi connectivity index (χ0v) is 15.8. The quantitative estimate of drug-likeness (QED) is 0.845. The summed E-state index contributed by atoms with van der Waals surface area (Å²) in [5, 5.41) is 6.18. The van der Waals surface area contributed by atoms with Gasteiger partial charge in [-0.2, -0.15) is 0 Å². The van der Waals surface area contributed by atoms with Crippen LogP contribution in [0.1, 0.15) is 6.92 Å². The molecule has 0 aliphatic carbocycles. The van der Waals surface area contributed by atoms with Crippen LogP contribution in [-0.2, 0) is 4.79 Å². The van der Waals surface area contributed by atoms with Crippen LogP contribution in [0, 0.1) is 0 Å². The van der Waals surface area contributed by atoms with E-state index in [1.807, 2.05) is 24.3 Å². The van der Waals surface area contributed by atoms with Gasteiger partial charge in [0.15, 0.2) is 0 Å². The zero-order valence-electron chi connectivity index (χ0n) is 15.1. The number of carbonyl (C=O) groups is 2. The molecule has 1 fully saturated rings. The van der Waals surface area contributed by atoms with Crippen molar-refractivity contribution in [3.8, 4) is 0 Å². The van der Waals surface area contributed by atoms with Crippen molar-refractivity contribution < 1.29 is 9.59 Å². The number of aromatic nitrogens is 1. The minimum Gasteiger partial charge on any atom is -0.368 e. The largest absolute Gasteiger partial charge is 0.368 e. The molecule has 2 heterocycles. The molecule has 0 bridgehead atoms. The number of nitrogens with one attached hydrogen (secondary N) is 2. The number of hydrogen-bond acceptors (Lipinski definition) is 4. The number of pyridine rings is 1. The molecule has 142 valence electrons. The molecular formula is C19H22ClN5O2. The second-order valence-electron chi connectivity index (χ2n) is 6.35. The molecule has 8 heteroatoms. The molecule has 2 aromatic rings. The molecular weight excluding hydrogens is 366 g/mol. The van der Waals surface area contributed by atoms with E-state index in [4.69, 9.17) is 11.6 Å². The second kappa shape index (κ2) is 8.73. The summed E-state index contributed by atoms with van der Waals surface area (Å²) in [6.07, 6.45) is 3.19. The first-order valence-electron chi connectivity index (χ1n) is 8.80. The summed E-state index contributed by atoms with van der Waals surface area (Å²) in [4.78, 5) is 32.5. The lowest BCUT2D eigenvalue weighted by atomic mass is 10.2. The summed E-state index contributed by atoms with van der Waals surface area (Å²) in [6, 6.07) is 10.3. The Balaban J connectivity index is 1.47. The van der Waals surface area contributed by atoms with Gasteiger partial charge in [0.1, 0.15) is 6.04 Å². The third kappa shape index (κ3) is 5.10. The van der Waals surface area contributed by atoms with Gasteiger partial charge in [0.2, 0.25) is 5.91 Å². The van der Waals surface area contributed by atoms with Crippen LogP contribution in [0.2, 0.25) is 5.02 Å². The fourth-order valence-corrected chi connectivity index (χ4v) is 2.97. The van der Waals surface area contributed by atoms with Gasteiger partial charge in [-0.05, 0) is 43.3 Å². The van der Waals surface area contributed by atoms with Crippen LogP contribution in [0.25, 0.3) is 0 Å². The van der Waals surface area contributed by atoms with E-state index in [-0.39, 0.29) is 11.9 Å². The summed E-state index contributed by atoms with van der Waals surface area (Å²) in [5.74, 6) is -0.281. The van der Waals surface area contributed by atoms with Gasteiger partial charge >= 0.3 is 6.03 Å². The van der Waals surface area contributed by atoms with Crippen LogP contribution in [0.5, 0.6) is 0 Å². The summed E-state index contributed by atoms with van der Waals surface area (Å²) in [5.41, 5.74) is 1.68. The number of hydrogen-bond donors (Lipinski definition) is 2. The van der Waals surface area contributed by atoms with Gasteiger partial charge in [0.05, 0.1) is 11.9 Å². The number of nitrogens with zero attached hydrogens (tertiary/aromatic N) is 3. The van der Waals surface area contributed by atoms with E-state index < -0.39 is 6.04 Å². The molecule has 1 unspecified atom stereocenters. The van der Waals surface area contributed by atoms with Crippen molar-refractivity contribution >= 4 is 34.9 Å². The lowest BCUT2D eigenvalue weighted by molar-refractivity contribution is -0.117. The van der Waals surface area contributed by atoms with Crippen molar-refractivity contribution in [2.75, 3.05) is 36.4 Å². The maximum atomic E-state index is 12.4. The molecule has 0 spiro atoms. The average molecular weight is 388 g/mol. The standard InChI is InChI=1S/C19H22ClN5O2/c1-14(18(26)23-16-3-2-8-21-13-16)22-19(27)25-11-9-24(10-12-25)17-6-4-15(20)5-7-17/h2-8,13-14H,9-12H2,1H3,(H,22,27)(H,23,26). The number of rotatable bonds is 4. The predicted octanol–water partition coefficient (Wildman–Crippen LogP) is 2.59. The molecule has 3 amide bonds. The van der Waals surface area contributed by atoms with Crippen LogP contribution in [-0.4, -0.2) is 54.0 Å². The zero-order chi connectivity index (χ0) is 19.2. The number of anilines is 2. The second-order valence-corrected chi connectivity index (χ2v) is 6.79. The normalized spacial score (nSPS) is 15.2. The molecule has 1 aromatic heterocycles. The Kier molecular flexibility index (Phi) is 6.13. The Morgan fingerprint density at radius 2 is 1.81 bits per heavy atom. The number of amides is 3. The van der Waals surface area contributed by atoms with Crippen molar-refractivity contribution in [1.82, 2.24) is 15.2 Å². The highest BCUT2D eigenvalue weighted by molar-refractivity contribution is 6.30. The lowest BCUT2D eigenvalue weighted by Gasteiger charge is -2.36. The van der Waals surface area contributed by atoms with E-state index in [0.717, 1.165) is 18.8 Å². The molecule has 0 radical (unpaired) electrons. The van der Waals surface area contributed by atoms with E-state index >= 15 is 0 Å². The summed E-state index contributed by atoms with van der Waals surface area (Å²) < 4.78 is 0. The predicted molar refractivity (Wildman–Crippen MR) is 106 cm³/mol. The molecule has 1 aliphatic heterocycles. The monoisotopic (exact) mass is 387 g/mol. The van der Waals surface area contributed by atoms with Crippen LogP contribution < -0.4 is 15.5 Å². The number of carbonyl (C=O) groups excluding carboxylic acids is 2. The van der Waals surface area contributed by atoms with Crippen molar-refractivity contribution in [2.24, 2.45) is 0 Å². The third-order valence-electron chi connectivity index (χ3n) is 4.42. The summed E-state index contributed by atoms with van der Waals surface area (Å²) in [6.45, 7) is 4.29. The molecule has 1 saturated heterocycles. The topological polar surface area (TPSA) is 77.6 Å². The summed E-state index contributed by atoms with van der Waals surface area (Å²) >= 11 is 5.92. The molecule has 7 nitrogen and oxygen atoms in total. The molecule has 2 N–H and O–H groups in total. The smallest absolute Gasteiger partial charge is 0.318 e. The van der Waals surface area contributed by atoms with Crippen LogP contribution in [0.4, 0.5) is 16.2 Å². The maximum absolute atomic E-state index is 12.4. The van der Waals surface area contributed by atoms with E-state index in [1.54, 1.807) is 36.4 Å². The van der Waals surface area contributed by atoms with E-state index in [9.17, 15) is 9.59 Å². The van der Waals surface area contributed by atoms with Crippen molar-refractivity contribution in [2.45, 2.75) is 13.0 Å². The fraction of sp³-hybridized carbons (Fsp3) is 0.316. The van der Waals surface area contributed by atoms with Gasteiger partial charge in [-0.3, -0.25) is 9.78 Å². The van der Waals surface area contributed by atoms with Crippen LogP contribution in [0.15, 0.2) is 48.8 Å². The minimum absolute atomic E-state index is 0.236.